The summed E-state index contributed by atoms with van der Waals surface area (Å²) in [6.07, 6.45) is 3.35. The lowest BCUT2D eigenvalue weighted by Gasteiger charge is -2.26. The van der Waals surface area contributed by atoms with E-state index in [2.05, 4.69) is 26.6 Å². The number of hydrogen-bond acceptors (Lipinski definition) is 1. The molecule has 2 N–H and O–H groups in total. The third kappa shape index (κ3) is 2.89. The van der Waals surface area contributed by atoms with E-state index in [4.69, 9.17) is 11.6 Å². The number of carbonyl (C=O) groups excluding carboxylic acids is 1. The number of amides is 2. The van der Waals surface area contributed by atoms with Crippen LogP contribution in [-0.2, 0) is 0 Å². The van der Waals surface area contributed by atoms with Crippen molar-refractivity contribution < 1.29 is 4.79 Å². The molecule has 1 aliphatic carbocycles. The first-order valence-corrected chi connectivity index (χ1v) is 6.35. The molecule has 2 rings (SSSR count). The van der Waals surface area contributed by atoms with Gasteiger partial charge in [0.05, 0.1) is 5.69 Å². The third-order valence-electron chi connectivity index (χ3n) is 2.62. The van der Waals surface area contributed by atoms with Crippen LogP contribution in [0.5, 0.6) is 0 Å². The van der Waals surface area contributed by atoms with Crippen LogP contribution in [-0.4, -0.2) is 12.1 Å². The minimum Gasteiger partial charge on any atom is -0.335 e. The van der Waals surface area contributed by atoms with Gasteiger partial charge < -0.3 is 10.6 Å². The van der Waals surface area contributed by atoms with Crippen LogP contribution in [0.25, 0.3) is 0 Å². The average molecular weight is 304 g/mol. The van der Waals surface area contributed by atoms with Gasteiger partial charge in [-0.05, 0) is 53.4 Å². The van der Waals surface area contributed by atoms with Crippen molar-refractivity contribution in [2.75, 3.05) is 5.32 Å². The highest BCUT2D eigenvalue weighted by atomic mass is 79.9. The van der Waals surface area contributed by atoms with Crippen LogP contribution in [0.3, 0.4) is 0 Å². The van der Waals surface area contributed by atoms with Crippen molar-refractivity contribution in [3.05, 3.63) is 27.7 Å². The second-order valence-corrected chi connectivity index (χ2v) is 5.14. The van der Waals surface area contributed by atoms with E-state index in [1.165, 1.54) is 6.42 Å². The van der Waals surface area contributed by atoms with Crippen LogP contribution in [0, 0.1) is 0 Å². The highest BCUT2D eigenvalue weighted by molar-refractivity contribution is 9.10. The summed E-state index contributed by atoms with van der Waals surface area (Å²) in [7, 11) is 0. The molecule has 0 bridgehead atoms. The molecule has 0 radical (unpaired) electrons. The first kappa shape index (κ1) is 11.7. The minimum absolute atomic E-state index is 0.173. The van der Waals surface area contributed by atoms with Gasteiger partial charge in [-0.1, -0.05) is 11.6 Å². The number of anilines is 1. The second kappa shape index (κ2) is 5.06. The number of urea groups is 1. The molecule has 0 aliphatic heterocycles. The van der Waals surface area contributed by atoms with Crippen LogP contribution in [0.2, 0.25) is 5.02 Å². The lowest BCUT2D eigenvalue weighted by Crippen LogP contribution is -2.41. The predicted molar refractivity (Wildman–Crippen MR) is 68.9 cm³/mol. The summed E-state index contributed by atoms with van der Waals surface area (Å²) in [5.41, 5.74) is 0.685. The normalized spacial score (nSPS) is 15.4. The number of rotatable bonds is 2. The fourth-order valence-corrected chi connectivity index (χ4v) is 2.01. The Kier molecular flexibility index (Phi) is 3.71. The molecule has 1 fully saturated rings. The summed E-state index contributed by atoms with van der Waals surface area (Å²) < 4.78 is 0.820. The maximum Gasteiger partial charge on any atom is 0.319 e. The van der Waals surface area contributed by atoms with Crippen molar-refractivity contribution in [3.8, 4) is 0 Å². The fourth-order valence-electron chi connectivity index (χ4n) is 1.49. The van der Waals surface area contributed by atoms with Crippen molar-refractivity contribution in [1.29, 1.82) is 0 Å². The Morgan fingerprint density at radius 1 is 1.44 bits per heavy atom. The van der Waals surface area contributed by atoms with Crippen LogP contribution in [0.1, 0.15) is 19.3 Å². The predicted octanol–water partition coefficient (Wildman–Crippen LogP) is 3.78. The highest BCUT2D eigenvalue weighted by Crippen LogP contribution is 2.26. The van der Waals surface area contributed by atoms with Crippen molar-refractivity contribution in [3.63, 3.8) is 0 Å². The molecule has 5 heteroatoms. The Bertz CT molecular complexity index is 407. The molecule has 3 nitrogen and oxygen atoms in total. The summed E-state index contributed by atoms with van der Waals surface area (Å²) >= 11 is 9.21. The molecule has 0 unspecified atom stereocenters. The van der Waals surface area contributed by atoms with E-state index in [0.29, 0.717) is 16.8 Å². The van der Waals surface area contributed by atoms with Crippen molar-refractivity contribution >= 4 is 39.2 Å². The van der Waals surface area contributed by atoms with Gasteiger partial charge in [-0.2, -0.15) is 0 Å². The lowest BCUT2D eigenvalue weighted by molar-refractivity contribution is 0.240. The number of hydrogen-bond donors (Lipinski definition) is 2. The summed E-state index contributed by atoms with van der Waals surface area (Å²) in [6.45, 7) is 0. The Morgan fingerprint density at radius 3 is 2.81 bits per heavy atom. The average Bonchev–Trinajstić information content (AvgIpc) is 2.18. The molecule has 1 aromatic rings. The van der Waals surface area contributed by atoms with Gasteiger partial charge in [0, 0.05) is 15.5 Å². The molecule has 1 aliphatic rings. The minimum atomic E-state index is -0.173. The quantitative estimate of drug-likeness (QED) is 0.858. The number of nitrogens with one attached hydrogen (secondary N) is 2. The Balaban J connectivity index is 1.96. The van der Waals surface area contributed by atoms with Gasteiger partial charge in [0.25, 0.3) is 0 Å². The maximum absolute atomic E-state index is 11.6. The second-order valence-electron chi connectivity index (χ2n) is 3.85. The van der Waals surface area contributed by atoms with Crippen molar-refractivity contribution in [1.82, 2.24) is 5.32 Å². The molecule has 16 heavy (non-hydrogen) atoms. The molecule has 0 saturated heterocycles. The van der Waals surface area contributed by atoms with E-state index in [1.807, 2.05) is 0 Å². The molecule has 0 aromatic heterocycles. The standard InChI is InChI=1S/C11H12BrClN2O/c12-9-5-4-7(13)6-10(9)15-11(16)14-8-2-1-3-8/h4-6,8H,1-3H2,(H2,14,15,16). The number of halogens is 2. The Morgan fingerprint density at radius 2 is 2.19 bits per heavy atom. The molecule has 86 valence electrons. The molecule has 2 amide bonds. The molecular weight excluding hydrogens is 291 g/mol. The summed E-state index contributed by atoms with van der Waals surface area (Å²) in [5, 5.41) is 6.27. The van der Waals surface area contributed by atoms with Crippen LogP contribution in [0.15, 0.2) is 22.7 Å². The van der Waals surface area contributed by atoms with Crippen molar-refractivity contribution in [2.45, 2.75) is 25.3 Å². The first-order chi connectivity index (χ1) is 7.65. The van der Waals surface area contributed by atoms with E-state index in [-0.39, 0.29) is 6.03 Å². The monoisotopic (exact) mass is 302 g/mol. The van der Waals surface area contributed by atoms with Crippen LogP contribution < -0.4 is 10.6 Å². The largest absolute Gasteiger partial charge is 0.335 e. The molecule has 1 aromatic carbocycles. The van der Waals surface area contributed by atoms with E-state index in [0.717, 1.165) is 17.3 Å². The first-order valence-electron chi connectivity index (χ1n) is 5.18. The van der Waals surface area contributed by atoms with Gasteiger partial charge in [0.15, 0.2) is 0 Å². The topological polar surface area (TPSA) is 41.1 Å². The lowest BCUT2D eigenvalue weighted by atomic mass is 9.93. The zero-order chi connectivity index (χ0) is 11.5. The molecule has 0 atom stereocenters. The van der Waals surface area contributed by atoms with Gasteiger partial charge in [0.2, 0.25) is 0 Å². The Hall–Kier alpha value is -0.740. The maximum atomic E-state index is 11.6. The summed E-state index contributed by atoms with van der Waals surface area (Å²) in [5.74, 6) is 0. The molecule has 1 saturated carbocycles. The van der Waals surface area contributed by atoms with Gasteiger partial charge in [-0.3, -0.25) is 0 Å². The van der Waals surface area contributed by atoms with Crippen LogP contribution >= 0.6 is 27.5 Å². The van der Waals surface area contributed by atoms with Crippen LogP contribution in [0.4, 0.5) is 10.5 Å². The molecule has 0 spiro atoms. The van der Waals surface area contributed by atoms with Gasteiger partial charge in [0.1, 0.15) is 0 Å². The van der Waals surface area contributed by atoms with Crippen molar-refractivity contribution in [2.24, 2.45) is 0 Å². The molecular formula is C11H12BrClN2O. The van der Waals surface area contributed by atoms with Gasteiger partial charge in [-0.25, -0.2) is 4.79 Å². The fraction of sp³-hybridized carbons (Fsp3) is 0.364. The van der Waals surface area contributed by atoms with E-state index in [1.54, 1.807) is 18.2 Å². The SMILES string of the molecule is O=C(Nc1cc(Cl)ccc1Br)NC1CCC1. The molecule has 0 heterocycles. The summed E-state index contributed by atoms with van der Waals surface area (Å²) in [4.78, 5) is 11.6. The van der Waals surface area contributed by atoms with Gasteiger partial charge >= 0.3 is 6.03 Å². The Labute approximate surface area is 108 Å². The summed E-state index contributed by atoms with van der Waals surface area (Å²) in [6, 6.07) is 5.44. The van der Waals surface area contributed by atoms with Gasteiger partial charge in [-0.15, -0.1) is 0 Å². The zero-order valence-electron chi connectivity index (χ0n) is 8.59. The van der Waals surface area contributed by atoms with E-state index < -0.39 is 0 Å². The smallest absolute Gasteiger partial charge is 0.319 e. The highest BCUT2D eigenvalue weighted by Gasteiger charge is 2.19. The zero-order valence-corrected chi connectivity index (χ0v) is 10.9. The third-order valence-corrected chi connectivity index (χ3v) is 3.54. The number of carbonyl (C=O) groups is 1. The number of benzene rings is 1. The van der Waals surface area contributed by atoms with E-state index in [9.17, 15) is 4.79 Å². The van der Waals surface area contributed by atoms with E-state index >= 15 is 0 Å².